The summed E-state index contributed by atoms with van der Waals surface area (Å²) in [6.07, 6.45) is 1.73. The summed E-state index contributed by atoms with van der Waals surface area (Å²) >= 11 is 5.83. The maximum absolute atomic E-state index is 13.4. The minimum atomic E-state index is -0.512. The molecule has 0 spiro atoms. The molecule has 0 unspecified atom stereocenters. The fourth-order valence-corrected chi connectivity index (χ4v) is 1.77. The van der Waals surface area contributed by atoms with Crippen LogP contribution < -0.4 is 0 Å². The molecule has 0 bridgehead atoms. The Labute approximate surface area is 109 Å². The number of hydrogen-bond acceptors (Lipinski definition) is 2. The molecule has 1 aromatic heterocycles. The fraction of sp³-hybridized carbons (Fsp3) is 0.154. The van der Waals surface area contributed by atoms with E-state index in [9.17, 15) is 9.18 Å². The highest BCUT2D eigenvalue weighted by Gasteiger charge is 2.13. The van der Waals surface area contributed by atoms with Crippen molar-refractivity contribution >= 4 is 17.6 Å². The summed E-state index contributed by atoms with van der Waals surface area (Å²) in [7, 11) is 1.73. The quantitative estimate of drug-likeness (QED) is 0.800. The Morgan fingerprint density at radius 1 is 1.39 bits per heavy atom. The number of nitrogens with zero attached hydrogens (tertiary/aromatic N) is 1. The summed E-state index contributed by atoms with van der Waals surface area (Å²) in [5, 5.41) is 0.245. The summed E-state index contributed by atoms with van der Waals surface area (Å²) in [5.74, 6) is -0.996. The largest absolute Gasteiger partial charge is 0.456 e. The third-order valence-electron chi connectivity index (χ3n) is 2.56. The first-order valence-corrected chi connectivity index (χ1v) is 5.68. The van der Waals surface area contributed by atoms with Crippen LogP contribution >= 0.6 is 11.6 Å². The van der Waals surface area contributed by atoms with Gasteiger partial charge in [-0.1, -0.05) is 17.7 Å². The van der Waals surface area contributed by atoms with E-state index < -0.39 is 11.8 Å². The van der Waals surface area contributed by atoms with Crippen molar-refractivity contribution in [3.05, 3.63) is 58.6 Å². The van der Waals surface area contributed by atoms with E-state index in [1.807, 2.05) is 0 Å². The van der Waals surface area contributed by atoms with Crippen molar-refractivity contribution in [1.82, 2.24) is 4.57 Å². The molecule has 1 aromatic carbocycles. The number of carbonyl (C=O) groups excluding carboxylic acids is 1. The van der Waals surface area contributed by atoms with E-state index in [0.717, 1.165) is 0 Å². The predicted molar refractivity (Wildman–Crippen MR) is 65.9 cm³/mol. The maximum atomic E-state index is 13.4. The molecule has 5 heteroatoms. The molecule has 0 N–H and O–H groups in total. The second-order valence-corrected chi connectivity index (χ2v) is 4.19. The number of esters is 1. The Bertz CT molecular complexity index is 560. The van der Waals surface area contributed by atoms with Crippen molar-refractivity contribution in [1.29, 1.82) is 0 Å². The number of benzene rings is 1. The summed E-state index contributed by atoms with van der Waals surface area (Å²) in [6, 6.07) is 7.69. The van der Waals surface area contributed by atoms with Gasteiger partial charge < -0.3 is 9.30 Å². The lowest BCUT2D eigenvalue weighted by atomic mass is 10.2. The van der Waals surface area contributed by atoms with Gasteiger partial charge in [0.15, 0.2) is 0 Å². The number of rotatable bonds is 3. The molecule has 0 aliphatic carbocycles. The average molecular weight is 268 g/mol. The Morgan fingerprint density at radius 3 is 2.78 bits per heavy atom. The van der Waals surface area contributed by atoms with Crippen molar-refractivity contribution in [2.75, 3.05) is 0 Å². The first-order chi connectivity index (χ1) is 8.59. The highest BCUT2D eigenvalue weighted by molar-refractivity contribution is 6.31. The molecule has 2 rings (SSSR count). The van der Waals surface area contributed by atoms with Crippen molar-refractivity contribution in [2.45, 2.75) is 6.61 Å². The molecule has 0 amide bonds. The van der Waals surface area contributed by atoms with Crippen LogP contribution in [0.15, 0.2) is 36.5 Å². The van der Waals surface area contributed by atoms with Crippen LogP contribution in [0.4, 0.5) is 4.39 Å². The zero-order valence-corrected chi connectivity index (χ0v) is 10.4. The van der Waals surface area contributed by atoms with Gasteiger partial charge in [0.2, 0.25) is 0 Å². The van der Waals surface area contributed by atoms with Crippen LogP contribution in [0.25, 0.3) is 0 Å². The number of aryl methyl sites for hydroxylation is 1. The predicted octanol–water partition coefficient (Wildman–Crippen LogP) is 3.17. The van der Waals surface area contributed by atoms with E-state index in [2.05, 4.69) is 0 Å². The van der Waals surface area contributed by atoms with Crippen molar-refractivity contribution < 1.29 is 13.9 Å². The summed E-state index contributed by atoms with van der Waals surface area (Å²) in [6.45, 7) is -0.185. The third-order valence-corrected chi connectivity index (χ3v) is 2.92. The zero-order valence-electron chi connectivity index (χ0n) is 9.69. The SMILES string of the molecule is Cn1cccc1C(=O)OCc1c(F)cccc1Cl. The van der Waals surface area contributed by atoms with Crippen LogP contribution in [0.1, 0.15) is 16.1 Å². The molecule has 1 heterocycles. The van der Waals surface area contributed by atoms with E-state index >= 15 is 0 Å². The second kappa shape index (κ2) is 5.23. The summed E-state index contributed by atoms with van der Waals surface area (Å²) in [4.78, 5) is 11.7. The molecule has 3 nitrogen and oxygen atoms in total. The summed E-state index contributed by atoms with van der Waals surface area (Å²) in [5.41, 5.74) is 0.587. The van der Waals surface area contributed by atoms with Crippen LogP contribution in [0.5, 0.6) is 0 Å². The van der Waals surface area contributed by atoms with E-state index in [1.165, 1.54) is 12.1 Å². The first-order valence-electron chi connectivity index (χ1n) is 5.31. The van der Waals surface area contributed by atoms with Gasteiger partial charge in [-0.3, -0.25) is 0 Å². The lowest BCUT2D eigenvalue weighted by Crippen LogP contribution is -2.10. The molecule has 2 aromatic rings. The van der Waals surface area contributed by atoms with E-state index in [4.69, 9.17) is 16.3 Å². The Kier molecular flexibility index (Phi) is 3.67. The number of halogens is 2. The number of carbonyl (C=O) groups is 1. The lowest BCUT2D eigenvalue weighted by Gasteiger charge is -2.08. The molecular formula is C13H11ClFNO2. The smallest absolute Gasteiger partial charge is 0.355 e. The van der Waals surface area contributed by atoms with Crippen LogP contribution in [0.2, 0.25) is 5.02 Å². The molecule has 0 saturated carbocycles. The molecule has 94 valence electrons. The molecule has 0 radical (unpaired) electrons. The summed E-state index contributed by atoms with van der Waals surface area (Å²) < 4.78 is 20.1. The average Bonchev–Trinajstić information content (AvgIpc) is 2.74. The van der Waals surface area contributed by atoms with Crippen molar-refractivity contribution in [2.24, 2.45) is 7.05 Å². The monoisotopic (exact) mass is 267 g/mol. The first kappa shape index (κ1) is 12.6. The number of aromatic nitrogens is 1. The highest BCUT2D eigenvalue weighted by atomic mass is 35.5. The Balaban J connectivity index is 2.09. The molecule has 0 aliphatic heterocycles. The van der Waals surface area contributed by atoms with Gasteiger partial charge in [-0.2, -0.15) is 0 Å². The molecular weight excluding hydrogens is 257 g/mol. The molecule has 0 fully saturated rings. The minimum absolute atomic E-state index is 0.182. The van der Waals surface area contributed by atoms with E-state index in [-0.39, 0.29) is 17.2 Å². The topological polar surface area (TPSA) is 31.2 Å². The lowest BCUT2D eigenvalue weighted by molar-refractivity contribution is 0.0458. The van der Waals surface area contributed by atoms with Gasteiger partial charge in [0, 0.05) is 18.8 Å². The normalized spacial score (nSPS) is 10.4. The third kappa shape index (κ3) is 2.54. The van der Waals surface area contributed by atoms with Gasteiger partial charge in [0.1, 0.15) is 18.1 Å². The van der Waals surface area contributed by atoms with Gasteiger partial charge in [-0.15, -0.1) is 0 Å². The molecule has 0 saturated heterocycles. The fourth-order valence-electron chi connectivity index (χ4n) is 1.56. The zero-order chi connectivity index (χ0) is 13.1. The second-order valence-electron chi connectivity index (χ2n) is 3.78. The van der Waals surface area contributed by atoms with Crippen LogP contribution in [-0.2, 0) is 18.4 Å². The standard InChI is InChI=1S/C13H11ClFNO2/c1-16-7-3-6-12(16)13(17)18-8-9-10(14)4-2-5-11(9)15/h2-7H,8H2,1H3. The Morgan fingerprint density at radius 2 is 2.17 bits per heavy atom. The van der Waals surface area contributed by atoms with E-state index in [0.29, 0.717) is 5.69 Å². The maximum Gasteiger partial charge on any atom is 0.355 e. The van der Waals surface area contributed by atoms with Gasteiger partial charge in [0.25, 0.3) is 0 Å². The van der Waals surface area contributed by atoms with Crippen LogP contribution in [0.3, 0.4) is 0 Å². The van der Waals surface area contributed by atoms with E-state index in [1.54, 1.807) is 36.0 Å². The van der Waals surface area contributed by atoms with Gasteiger partial charge in [-0.05, 0) is 24.3 Å². The van der Waals surface area contributed by atoms with Crippen molar-refractivity contribution in [3.63, 3.8) is 0 Å². The van der Waals surface area contributed by atoms with Gasteiger partial charge in [0.05, 0.1) is 5.02 Å². The molecule has 18 heavy (non-hydrogen) atoms. The van der Waals surface area contributed by atoms with Crippen LogP contribution in [-0.4, -0.2) is 10.5 Å². The van der Waals surface area contributed by atoms with Gasteiger partial charge >= 0.3 is 5.97 Å². The number of ether oxygens (including phenoxy) is 1. The number of hydrogen-bond donors (Lipinski definition) is 0. The van der Waals surface area contributed by atoms with Crippen molar-refractivity contribution in [3.8, 4) is 0 Å². The van der Waals surface area contributed by atoms with Gasteiger partial charge in [-0.25, -0.2) is 9.18 Å². The molecule has 0 aliphatic rings. The highest BCUT2D eigenvalue weighted by Crippen LogP contribution is 2.20. The van der Waals surface area contributed by atoms with Crippen LogP contribution in [0, 0.1) is 5.82 Å². The molecule has 0 atom stereocenters. The Hall–Kier alpha value is -1.81. The minimum Gasteiger partial charge on any atom is -0.456 e.